The van der Waals surface area contributed by atoms with E-state index in [1.807, 2.05) is 62.4 Å². The summed E-state index contributed by atoms with van der Waals surface area (Å²) in [5.41, 5.74) is 2.09. The van der Waals surface area contributed by atoms with E-state index >= 15 is 0 Å². The maximum atomic E-state index is 5.74. The Bertz CT molecular complexity index is 603. The van der Waals surface area contributed by atoms with Crippen LogP contribution in [0.3, 0.4) is 0 Å². The number of hydrogen-bond acceptors (Lipinski definition) is 3. The van der Waals surface area contributed by atoms with Gasteiger partial charge in [0.2, 0.25) is 0 Å². The molecule has 0 saturated carbocycles. The van der Waals surface area contributed by atoms with Crippen molar-refractivity contribution in [3.05, 3.63) is 65.9 Å². The van der Waals surface area contributed by atoms with Gasteiger partial charge in [-0.25, -0.2) is 0 Å². The molecule has 0 radical (unpaired) electrons. The monoisotopic (exact) mass is 284 g/mol. The highest BCUT2D eigenvalue weighted by Crippen LogP contribution is 2.29. The first-order valence-electron chi connectivity index (χ1n) is 6.94. The maximum Gasteiger partial charge on any atom is 0.168 e. The number of methoxy groups -OCH3 is 1. The van der Waals surface area contributed by atoms with Crippen molar-refractivity contribution < 1.29 is 14.2 Å². The minimum Gasteiger partial charge on any atom is -0.493 e. The molecule has 0 saturated heterocycles. The average molecular weight is 284 g/mol. The van der Waals surface area contributed by atoms with Crippen LogP contribution in [0.5, 0.6) is 11.5 Å². The molecule has 3 nitrogen and oxygen atoms in total. The number of rotatable bonds is 6. The van der Waals surface area contributed by atoms with Gasteiger partial charge in [-0.1, -0.05) is 36.4 Å². The number of hydrogen-bond donors (Lipinski definition) is 0. The summed E-state index contributed by atoms with van der Waals surface area (Å²) < 4.78 is 16.7. The minimum absolute atomic E-state index is 0.597. The van der Waals surface area contributed by atoms with Crippen LogP contribution >= 0.6 is 0 Å². The Morgan fingerprint density at radius 3 is 2.48 bits per heavy atom. The largest absolute Gasteiger partial charge is 0.493 e. The fraction of sp³-hybridized carbons (Fsp3) is 0.222. The summed E-state index contributed by atoms with van der Waals surface area (Å²) in [5.74, 6) is 2.07. The highest BCUT2D eigenvalue weighted by molar-refractivity contribution is 5.59. The lowest BCUT2D eigenvalue weighted by atomic mass is 10.2. The van der Waals surface area contributed by atoms with E-state index in [2.05, 4.69) is 0 Å². The Balaban J connectivity index is 2.23. The Morgan fingerprint density at radius 1 is 1.05 bits per heavy atom. The first kappa shape index (κ1) is 15.0. The minimum atomic E-state index is 0.597. The molecule has 0 fully saturated rings. The summed E-state index contributed by atoms with van der Waals surface area (Å²) in [7, 11) is 1.63. The molecular weight excluding hydrogens is 264 g/mol. The molecular formula is C18H20O3. The molecule has 0 N–H and O–H groups in total. The summed E-state index contributed by atoms with van der Waals surface area (Å²) in [6, 6.07) is 15.7. The molecule has 0 aromatic heterocycles. The SMILES string of the molecule is CCOc1cc(C)ccc1O/C=C(/OC)c1ccccc1. The van der Waals surface area contributed by atoms with Gasteiger partial charge in [0, 0.05) is 5.56 Å². The summed E-state index contributed by atoms with van der Waals surface area (Å²) in [6.07, 6.45) is 1.60. The van der Waals surface area contributed by atoms with Gasteiger partial charge >= 0.3 is 0 Å². The Labute approximate surface area is 125 Å². The highest BCUT2D eigenvalue weighted by atomic mass is 16.5. The maximum absolute atomic E-state index is 5.74. The number of aryl methyl sites for hydroxylation is 1. The van der Waals surface area contributed by atoms with Crippen LogP contribution in [-0.2, 0) is 4.74 Å². The van der Waals surface area contributed by atoms with Crippen LogP contribution in [0.2, 0.25) is 0 Å². The summed E-state index contributed by atoms with van der Waals surface area (Å²) in [5, 5.41) is 0. The first-order chi connectivity index (χ1) is 10.2. The van der Waals surface area contributed by atoms with Crippen LogP contribution in [0.15, 0.2) is 54.8 Å². The van der Waals surface area contributed by atoms with Crippen LogP contribution in [0.4, 0.5) is 0 Å². The van der Waals surface area contributed by atoms with Crippen molar-refractivity contribution in [1.82, 2.24) is 0 Å². The molecule has 2 aromatic rings. The topological polar surface area (TPSA) is 27.7 Å². The molecule has 21 heavy (non-hydrogen) atoms. The van der Waals surface area contributed by atoms with Gasteiger partial charge < -0.3 is 14.2 Å². The summed E-state index contributed by atoms with van der Waals surface area (Å²) >= 11 is 0. The van der Waals surface area contributed by atoms with E-state index in [4.69, 9.17) is 14.2 Å². The lowest BCUT2D eigenvalue weighted by molar-refractivity contribution is 0.315. The van der Waals surface area contributed by atoms with Gasteiger partial charge in [0.05, 0.1) is 13.7 Å². The van der Waals surface area contributed by atoms with Crippen molar-refractivity contribution >= 4 is 5.76 Å². The quantitative estimate of drug-likeness (QED) is 0.735. The Hall–Kier alpha value is -2.42. The molecule has 110 valence electrons. The van der Waals surface area contributed by atoms with Crippen LogP contribution in [0, 0.1) is 6.92 Å². The van der Waals surface area contributed by atoms with Crippen LogP contribution in [0.1, 0.15) is 18.1 Å². The van der Waals surface area contributed by atoms with E-state index in [0.717, 1.165) is 16.9 Å². The zero-order chi connectivity index (χ0) is 15.1. The Morgan fingerprint density at radius 2 is 1.81 bits per heavy atom. The zero-order valence-corrected chi connectivity index (χ0v) is 12.6. The van der Waals surface area contributed by atoms with E-state index in [-0.39, 0.29) is 0 Å². The zero-order valence-electron chi connectivity index (χ0n) is 12.6. The second-order valence-electron chi connectivity index (χ2n) is 4.55. The Kier molecular flexibility index (Phi) is 5.27. The molecule has 2 rings (SSSR count). The second kappa shape index (κ2) is 7.39. The molecule has 0 heterocycles. The molecule has 0 aliphatic heterocycles. The number of ether oxygens (including phenoxy) is 3. The highest BCUT2D eigenvalue weighted by Gasteiger charge is 2.06. The van der Waals surface area contributed by atoms with E-state index in [1.165, 1.54) is 0 Å². The average Bonchev–Trinajstić information content (AvgIpc) is 2.51. The van der Waals surface area contributed by atoms with Gasteiger partial charge in [0.15, 0.2) is 17.3 Å². The molecule has 3 heteroatoms. The molecule has 0 aliphatic rings. The molecule has 2 aromatic carbocycles. The van der Waals surface area contributed by atoms with Gasteiger partial charge in [0.25, 0.3) is 0 Å². The van der Waals surface area contributed by atoms with Crippen molar-refractivity contribution in [2.75, 3.05) is 13.7 Å². The van der Waals surface area contributed by atoms with Crippen LogP contribution in [-0.4, -0.2) is 13.7 Å². The van der Waals surface area contributed by atoms with Gasteiger partial charge in [-0.3, -0.25) is 0 Å². The van der Waals surface area contributed by atoms with Crippen molar-refractivity contribution in [2.24, 2.45) is 0 Å². The predicted molar refractivity (Wildman–Crippen MR) is 84.4 cm³/mol. The molecule has 0 unspecified atom stereocenters. The van der Waals surface area contributed by atoms with Gasteiger partial charge in [-0.05, 0) is 31.5 Å². The fourth-order valence-electron chi connectivity index (χ4n) is 1.93. The van der Waals surface area contributed by atoms with Crippen molar-refractivity contribution in [1.29, 1.82) is 0 Å². The normalized spacial score (nSPS) is 11.1. The van der Waals surface area contributed by atoms with Gasteiger partial charge in [-0.2, -0.15) is 0 Å². The second-order valence-corrected chi connectivity index (χ2v) is 4.55. The predicted octanol–water partition coefficient (Wildman–Crippen LogP) is 4.42. The molecule has 0 bridgehead atoms. The van der Waals surface area contributed by atoms with Crippen LogP contribution in [0.25, 0.3) is 5.76 Å². The molecule has 0 aliphatic carbocycles. The molecule has 0 atom stereocenters. The third-order valence-electron chi connectivity index (χ3n) is 2.97. The molecule has 0 spiro atoms. The number of benzene rings is 2. The van der Waals surface area contributed by atoms with Crippen molar-refractivity contribution in [3.63, 3.8) is 0 Å². The van der Waals surface area contributed by atoms with Gasteiger partial charge in [0.1, 0.15) is 6.26 Å². The lowest BCUT2D eigenvalue weighted by Gasteiger charge is -2.11. The standard InChI is InChI=1S/C18H20O3/c1-4-20-17-12-14(2)10-11-16(17)21-13-18(19-3)15-8-6-5-7-9-15/h5-13H,4H2,1-3H3/b18-13+. The van der Waals surface area contributed by atoms with E-state index in [9.17, 15) is 0 Å². The van der Waals surface area contributed by atoms with E-state index < -0.39 is 0 Å². The third kappa shape index (κ3) is 4.02. The van der Waals surface area contributed by atoms with Crippen LogP contribution < -0.4 is 9.47 Å². The van der Waals surface area contributed by atoms with Crippen molar-refractivity contribution in [3.8, 4) is 11.5 Å². The first-order valence-corrected chi connectivity index (χ1v) is 6.94. The van der Waals surface area contributed by atoms with Gasteiger partial charge in [-0.15, -0.1) is 0 Å². The summed E-state index contributed by atoms with van der Waals surface area (Å²) in [4.78, 5) is 0. The summed E-state index contributed by atoms with van der Waals surface area (Å²) in [6.45, 7) is 4.57. The smallest absolute Gasteiger partial charge is 0.168 e. The van der Waals surface area contributed by atoms with Crippen molar-refractivity contribution in [2.45, 2.75) is 13.8 Å². The molecule has 0 amide bonds. The third-order valence-corrected chi connectivity index (χ3v) is 2.97. The lowest BCUT2D eigenvalue weighted by Crippen LogP contribution is -1.97. The van der Waals surface area contributed by atoms with E-state index in [1.54, 1.807) is 13.4 Å². The fourth-order valence-corrected chi connectivity index (χ4v) is 1.93. The van der Waals surface area contributed by atoms with E-state index in [0.29, 0.717) is 18.1 Å².